The summed E-state index contributed by atoms with van der Waals surface area (Å²) in [4.78, 5) is 28.5. The first-order valence-electron chi connectivity index (χ1n) is 7.47. The van der Waals surface area contributed by atoms with Crippen molar-refractivity contribution in [1.29, 1.82) is 0 Å². The summed E-state index contributed by atoms with van der Waals surface area (Å²) < 4.78 is 52.0. The van der Waals surface area contributed by atoms with Crippen LogP contribution in [0.3, 0.4) is 0 Å². The molecule has 0 saturated carbocycles. The van der Waals surface area contributed by atoms with Gasteiger partial charge in [-0.25, -0.2) is 9.37 Å². The average molecular weight is 388 g/mol. The first-order valence-corrected chi connectivity index (χ1v) is 8.35. The smallest absolute Gasteiger partial charge is 0.394 e. The predicted octanol–water partition coefficient (Wildman–Crippen LogP) is 3.28. The van der Waals surface area contributed by atoms with E-state index < -0.39 is 48.8 Å². The number of aromatic nitrogens is 1. The summed E-state index contributed by atoms with van der Waals surface area (Å²) in [6, 6.07) is 5.39. The molecule has 0 aliphatic carbocycles. The normalized spacial score (nSPS) is 20.4. The molecule has 1 aromatic heterocycles. The minimum absolute atomic E-state index is 0.0683. The molecule has 1 N–H and O–H groups in total. The maximum absolute atomic E-state index is 13.0. The van der Waals surface area contributed by atoms with Gasteiger partial charge in [0.1, 0.15) is 16.5 Å². The molecule has 2 atom stereocenters. The van der Waals surface area contributed by atoms with Crippen LogP contribution in [0.2, 0.25) is 0 Å². The van der Waals surface area contributed by atoms with Crippen LogP contribution in [0.1, 0.15) is 10.5 Å². The minimum Gasteiger partial charge on any atom is -0.481 e. The van der Waals surface area contributed by atoms with E-state index in [1.165, 1.54) is 29.6 Å². The fraction of sp³-hybridized carbons (Fsp3) is 0.312. The number of halogens is 4. The molecule has 1 aliphatic rings. The Balaban J connectivity index is 1.80. The number of carbonyl (C=O) groups is 2. The molecule has 0 unspecified atom stereocenters. The molecule has 0 bridgehead atoms. The first kappa shape index (κ1) is 18.3. The van der Waals surface area contributed by atoms with Crippen LogP contribution in [0.25, 0.3) is 10.6 Å². The third-order valence-corrected chi connectivity index (χ3v) is 5.05. The van der Waals surface area contributed by atoms with Gasteiger partial charge in [-0.15, -0.1) is 11.3 Å². The van der Waals surface area contributed by atoms with Gasteiger partial charge < -0.3 is 10.0 Å². The van der Waals surface area contributed by atoms with Crippen LogP contribution in [0, 0.1) is 17.7 Å². The highest BCUT2D eigenvalue weighted by Gasteiger charge is 2.53. The van der Waals surface area contributed by atoms with E-state index in [9.17, 15) is 27.2 Å². The molecule has 5 nitrogen and oxygen atoms in total. The zero-order chi connectivity index (χ0) is 19.1. The summed E-state index contributed by atoms with van der Waals surface area (Å²) in [7, 11) is 0. The molecular formula is C16H12F4N2O3S. The molecule has 1 aliphatic heterocycles. The number of rotatable bonds is 3. The van der Waals surface area contributed by atoms with E-state index in [-0.39, 0.29) is 5.69 Å². The van der Waals surface area contributed by atoms with Crippen molar-refractivity contribution in [2.45, 2.75) is 6.18 Å². The number of likely N-dealkylation sites (tertiary alicyclic amines) is 1. The van der Waals surface area contributed by atoms with E-state index in [0.717, 1.165) is 16.2 Å². The van der Waals surface area contributed by atoms with Crippen molar-refractivity contribution in [3.8, 4) is 10.6 Å². The molecule has 3 rings (SSSR count). The fourth-order valence-corrected chi connectivity index (χ4v) is 3.61. The van der Waals surface area contributed by atoms with Gasteiger partial charge in [-0.1, -0.05) is 0 Å². The molecule has 26 heavy (non-hydrogen) atoms. The van der Waals surface area contributed by atoms with Gasteiger partial charge in [-0.3, -0.25) is 9.59 Å². The van der Waals surface area contributed by atoms with E-state index in [0.29, 0.717) is 10.6 Å². The van der Waals surface area contributed by atoms with Crippen molar-refractivity contribution in [1.82, 2.24) is 9.88 Å². The zero-order valence-corrected chi connectivity index (χ0v) is 13.9. The van der Waals surface area contributed by atoms with Crippen LogP contribution >= 0.6 is 11.3 Å². The van der Waals surface area contributed by atoms with Gasteiger partial charge in [0.25, 0.3) is 5.91 Å². The van der Waals surface area contributed by atoms with Crippen molar-refractivity contribution in [2.75, 3.05) is 13.1 Å². The number of alkyl halides is 3. The predicted molar refractivity (Wildman–Crippen MR) is 84.1 cm³/mol. The van der Waals surface area contributed by atoms with E-state index in [1.807, 2.05) is 0 Å². The summed E-state index contributed by atoms with van der Waals surface area (Å²) in [6.45, 7) is -1.25. The lowest BCUT2D eigenvalue weighted by Gasteiger charge is -2.18. The summed E-state index contributed by atoms with van der Waals surface area (Å²) in [5, 5.41) is 10.8. The Hall–Kier alpha value is -2.49. The third kappa shape index (κ3) is 3.55. The standard InChI is InChI=1S/C16H12F4N2O3S/c17-9-3-1-8(2-4-9)13-21-12(7-26-13)14(23)22-5-10(15(24)25)11(6-22)16(18,19)20/h1-4,7,10-11H,5-6H2,(H,24,25)/t10-,11-/m1/s1. The quantitative estimate of drug-likeness (QED) is 0.820. The van der Waals surface area contributed by atoms with Gasteiger partial charge in [0.05, 0.1) is 11.8 Å². The number of benzene rings is 1. The Bertz CT molecular complexity index is 835. The summed E-state index contributed by atoms with van der Waals surface area (Å²) in [6.07, 6.45) is -4.71. The van der Waals surface area contributed by atoms with Gasteiger partial charge in [0.15, 0.2) is 0 Å². The van der Waals surface area contributed by atoms with Crippen LogP contribution < -0.4 is 0 Å². The van der Waals surface area contributed by atoms with Crippen LogP contribution in [0.5, 0.6) is 0 Å². The number of carboxylic acid groups (broad SMARTS) is 1. The second-order valence-corrected chi connectivity index (χ2v) is 6.71. The van der Waals surface area contributed by atoms with Gasteiger partial charge in [0.2, 0.25) is 0 Å². The van der Waals surface area contributed by atoms with Gasteiger partial charge in [-0.2, -0.15) is 13.2 Å². The molecule has 2 heterocycles. The van der Waals surface area contributed by atoms with Crippen molar-refractivity contribution >= 4 is 23.2 Å². The lowest BCUT2D eigenvalue weighted by Crippen LogP contribution is -2.34. The largest absolute Gasteiger partial charge is 0.481 e. The number of carbonyl (C=O) groups excluding carboxylic acids is 1. The lowest BCUT2D eigenvalue weighted by atomic mass is 9.96. The number of hydrogen-bond donors (Lipinski definition) is 1. The van der Waals surface area contributed by atoms with Crippen LogP contribution in [-0.4, -0.2) is 46.1 Å². The molecule has 0 spiro atoms. The van der Waals surface area contributed by atoms with E-state index in [1.54, 1.807) is 0 Å². The van der Waals surface area contributed by atoms with Crippen LogP contribution in [0.15, 0.2) is 29.6 Å². The highest BCUT2D eigenvalue weighted by atomic mass is 32.1. The maximum atomic E-state index is 13.0. The van der Waals surface area contributed by atoms with Crippen molar-refractivity contribution in [2.24, 2.45) is 11.8 Å². The number of thiazole rings is 1. The molecule has 138 valence electrons. The van der Waals surface area contributed by atoms with Crippen molar-refractivity contribution in [3.05, 3.63) is 41.2 Å². The maximum Gasteiger partial charge on any atom is 0.394 e. The van der Waals surface area contributed by atoms with Gasteiger partial charge in [0, 0.05) is 24.0 Å². The summed E-state index contributed by atoms with van der Waals surface area (Å²) in [5.41, 5.74) is 0.495. The van der Waals surface area contributed by atoms with E-state index >= 15 is 0 Å². The van der Waals surface area contributed by atoms with E-state index in [4.69, 9.17) is 5.11 Å². The third-order valence-electron chi connectivity index (χ3n) is 4.16. The van der Waals surface area contributed by atoms with Gasteiger partial charge in [-0.05, 0) is 24.3 Å². The molecule has 0 radical (unpaired) electrons. The highest BCUT2D eigenvalue weighted by Crippen LogP contribution is 2.38. The second-order valence-electron chi connectivity index (χ2n) is 5.85. The Morgan fingerprint density at radius 2 is 1.85 bits per heavy atom. The topological polar surface area (TPSA) is 70.5 Å². The highest BCUT2D eigenvalue weighted by molar-refractivity contribution is 7.13. The summed E-state index contributed by atoms with van der Waals surface area (Å²) >= 11 is 1.09. The Labute approximate surface area is 148 Å². The number of amides is 1. The Morgan fingerprint density at radius 1 is 1.19 bits per heavy atom. The minimum atomic E-state index is -4.71. The fourth-order valence-electron chi connectivity index (χ4n) is 2.81. The molecule has 10 heteroatoms. The second kappa shape index (κ2) is 6.67. The van der Waals surface area contributed by atoms with Gasteiger partial charge >= 0.3 is 12.1 Å². The van der Waals surface area contributed by atoms with Crippen LogP contribution in [0.4, 0.5) is 17.6 Å². The number of carboxylic acids is 1. The van der Waals surface area contributed by atoms with Crippen LogP contribution in [-0.2, 0) is 4.79 Å². The monoisotopic (exact) mass is 388 g/mol. The first-order chi connectivity index (χ1) is 12.2. The number of aliphatic carboxylic acids is 1. The molecule has 1 aromatic carbocycles. The zero-order valence-electron chi connectivity index (χ0n) is 13.0. The average Bonchev–Trinajstić information content (AvgIpc) is 3.22. The lowest BCUT2D eigenvalue weighted by molar-refractivity contribution is -0.187. The molecule has 1 saturated heterocycles. The Kier molecular flexibility index (Phi) is 4.70. The van der Waals surface area contributed by atoms with Crippen molar-refractivity contribution in [3.63, 3.8) is 0 Å². The SMILES string of the molecule is O=C(O)[C@@H]1CN(C(=O)c2csc(-c3ccc(F)cc3)n2)C[C@H]1C(F)(F)F. The molecular weight excluding hydrogens is 376 g/mol. The van der Waals surface area contributed by atoms with E-state index in [2.05, 4.69) is 4.98 Å². The number of hydrogen-bond acceptors (Lipinski definition) is 4. The molecule has 1 fully saturated rings. The molecule has 1 amide bonds. The summed E-state index contributed by atoms with van der Waals surface area (Å²) in [5.74, 6) is -6.59. The Morgan fingerprint density at radius 3 is 2.38 bits per heavy atom. The number of nitrogens with zero attached hydrogens (tertiary/aromatic N) is 2. The van der Waals surface area contributed by atoms with Crippen molar-refractivity contribution < 1.29 is 32.3 Å². The molecule has 2 aromatic rings.